The van der Waals surface area contributed by atoms with E-state index in [0.29, 0.717) is 6.04 Å². The van der Waals surface area contributed by atoms with Gasteiger partial charge in [-0.15, -0.1) is 0 Å². The summed E-state index contributed by atoms with van der Waals surface area (Å²) in [6.07, 6.45) is 4.14. The molecule has 0 aliphatic carbocycles. The van der Waals surface area contributed by atoms with Crippen LogP contribution < -0.4 is 10.5 Å². The van der Waals surface area contributed by atoms with Gasteiger partial charge in [-0.1, -0.05) is 12.1 Å². The minimum atomic E-state index is 0.293. The molecule has 1 fully saturated rings. The van der Waals surface area contributed by atoms with E-state index in [-0.39, 0.29) is 0 Å². The highest BCUT2D eigenvalue weighted by Crippen LogP contribution is 2.23. The van der Waals surface area contributed by atoms with Gasteiger partial charge >= 0.3 is 0 Å². The van der Waals surface area contributed by atoms with Crippen molar-refractivity contribution in [2.24, 2.45) is 5.73 Å². The minimum Gasteiger partial charge on any atom is -0.494 e. The van der Waals surface area contributed by atoms with E-state index >= 15 is 0 Å². The van der Waals surface area contributed by atoms with Crippen molar-refractivity contribution in [2.45, 2.75) is 25.4 Å². The predicted molar refractivity (Wildman–Crippen MR) is 82.6 cm³/mol. The van der Waals surface area contributed by atoms with Crippen LogP contribution in [0.2, 0.25) is 0 Å². The van der Waals surface area contributed by atoms with Crippen LogP contribution in [0.15, 0.2) is 36.5 Å². The summed E-state index contributed by atoms with van der Waals surface area (Å²) in [5.41, 5.74) is 8.20. The third-order valence-electron chi connectivity index (χ3n) is 3.96. The number of benzene rings is 1. The molecule has 1 aliphatic rings. The maximum Gasteiger partial charge on any atom is 0.144 e. The molecule has 0 amide bonds. The smallest absolute Gasteiger partial charge is 0.144 e. The Bertz CT molecular complexity index is 595. The van der Waals surface area contributed by atoms with E-state index < -0.39 is 0 Å². The zero-order chi connectivity index (χ0) is 14.7. The second-order valence-electron chi connectivity index (χ2n) is 5.54. The van der Waals surface area contributed by atoms with Crippen LogP contribution >= 0.6 is 0 Å². The molecule has 5 heteroatoms. The monoisotopic (exact) mass is 286 g/mol. The second kappa shape index (κ2) is 6.28. The van der Waals surface area contributed by atoms with Crippen LogP contribution in [0.3, 0.4) is 0 Å². The Hall–Kier alpha value is -1.85. The first kappa shape index (κ1) is 14.1. The molecule has 112 valence electrons. The van der Waals surface area contributed by atoms with Crippen molar-refractivity contribution in [1.82, 2.24) is 14.7 Å². The molecule has 21 heavy (non-hydrogen) atoms. The van der Waals surface area contributed by atoms with Gasteiger partial charge in [-0.25, -0.2) is 4.68 Å². The quantitative estimate of drug-likeness (QED) is 0.931. The van der Waals surface area contributed by atoms with E-state index in [1.54, 1.807) is 7.11 Å². The van der Waals surface area contributed by atoms with E-state index in [0.717, 1.165) is 43.2 Å². The van der Waals surface area contributed by atoms with Crippen molar-refractivity contribution >= 4 is 0 Å². The molecule has 1 aromatic carbocycles. The van der Waals surface area contributed by atoms with Gasteiger partial charge in [0.2, 0.25) is 0 Å². The van der Waals surface area contributed by atoms with Gasteiger partial charge in [0, 0.05) is 25.3 Å². The second-order valence-corrected chi connectivity index (χ2v) is 5.54. The molecule has 0 spiro atoms. The molecule has 0 unspecified atom stereocenters. The lowest BCUT2D eigenvalue weighted by Crippen LogP contribution is -2.42. The number of rotatable bonds is 4. The summed E-state index contributed by atoms with van der Waals surface area (Å²) in [6.45, 7) is 2.92. The number of hydrogen-bond acceptors (Lipinski definition) is 4. The molecule has 1 saturated heterocycles. The van der Waals surface area contributed by atoms with Crippen molar-refractivity contribution in [3.05, 3.63) is 42.2 Å². The predicted octanol–water partition coefficient (Wildman–Crippen LogP) is 1.80. The third kappa shape index (κ3) is 3.09. The van der Waals surface area contributed by atoms with Crippen molar-refractivity contribution in [3.8, 4) is 11.4 Å². The summed E-state index contributed by atoms with van der Waals surface area (Å²) in [7, 11) is 1.69. The molecule has 2 N–H and O–H groups in total. The van der Waals surface area contributed by atoms with E-state index in [4.69, 9.17) is 10.5 Å². The number of nitrogens with two attached hydrogens (primary N) is 1. The van der Waals surface area contributed by atoms with Crippen LogP contribution in [0.1, 0.15) is 18.5 Å². The van der Waals surface area contributed by atoms with Gasteiger partial charge in [0.15, 0.2) is 0 Å². The fraction of sp³-hybridized carbons (Fsp3) is 0.438. The van der Waals surface area contributed by atoms with Gasteiger partial charge in [-0.2, -0.15) is 5.10 Å². The summed E-state index contributed by atoms with van der Waals surface area (Å²) in [4.78, 5) is 2.40. The van der Waals surface area contributed by atoms with E-state index in [1.165, 1.54) is 6.42 Å². The molecule has 0 bridgehead atoms. The first-order valence-corrected chi connectivity index (χ1v) is 7.42. The van der Waals surface area contributed by atoms with Crippen molar-refractivity contribution in [2.75, 3.05) is 20.2 Å². The first-order chi connectivity index (χ1) is 10.3. The van der Waals surface area contributed by atoms with Crippen LogP contribution in [-0.4, -0.2) is 40.9 Å². The molecular weight excluding hydrogens is 264 g/mol. The molecule has 3 rings (SSSR count). The summed E-state index contributed by atoms with van der Waals surface area (Å²) in [5.74, 6) is 0.831. The fourth-order valence-corrected chi connectivity index (χ4v) is 2.94. The Morgan fingerprint density at radius 3 is 3.00 bits per heavy atom. The molecule has 1 aromatic heterocycles. The van der Waals surface area contributed by atoms with Crippen molar-refractivity contribution in [3.63, 3.8) is 0 Å². The highest BCUT2D eigenvalue weighted by Gasteiger charge is 2.19. The number of nitrogens with zero attached hydrogens (tertiary/aromatic N) is 3. The number of hydrogen-bond donors (Lipinski definition) is 1. The largest absolute Gasteiger partial charge is 0.494 e. The average molecular weight is 286 g/mol. The summed E-state index contributed by atoms with van der Waals surface area (Å²) < 4.78 is 7.39. The Labute approximate surface area is 125 Å². The van der Waals surface area contributed by atoms with Gasteiger partial charge in [-0.05, 0) is 37.6 Å². The van der Waals surface area contributed by atoms with Crippen molar-refractivity contribution < 1.29 is 4.74 Å². The highest BCUT2D eigenvalue weighted by molar-refractivity contribution is 5.46. The molecule has 1 aliphatic heterocycles. The fourth-order valence-electron chi connectivity index (χ4n) is 2.94. The number of likely N-dealkylation sites (tertiary alicyclic amines) is 1. The third-order valence-corrected chi connectivity index (χ3v) is 3.96. The lowest BCUT2D eigenvalue weighted by molar-refractivity contribution is 0.198. The number of piperidine rings is 1. The van der Waals surface area contributed by atoms with Crippen LogP contribution in [0.25, 0.3) is 5.69 Å². The number of para-hydroxylation sites is 2. The topological polar surface area (TPSA) is 56.3 Å². The maximum absolute atomic E-state index is 6.06. The highest BCUT2D eigenvalue weighted by atomic mass is 16.5. The van der Waals surface area contributed by atoms with Crippen LogP contribution in [0.5, 0.6) is 5.75 Å². The minimum absolute atomic E-state index is 0.293. The Morgan fingerprint density at radius 2 is 2.19 bits per heavy atom. The van der Waals surface area contributed by atoms with E-state index in [9.17, 15) is 0 Å². The summed E-state index contributed by atoms with van der Waals surface area (Å²) >= 11 is 0. The molecule has 1 atom stereocenters. The molecule has 2 heterocycles. The molecule has 2 aromatic rings. The lowest BCUT2D eigenvalue weighted by atomic mass is 10.1. The van der Waals surface area contributed by atoms with Crippen LogP contribution in [0.4, 0.5) is 0 Å². The van der Waals surface area contributed by atoms with Gasteiger partial charge in [-0.3, -0.25) is 4.90 Å². The van der Waals surface area contributed by atoms with Gasteiger partial charge < -0.3 is 10.5 Å². The molecule has 0 radical (unpaired) electrons. The van der Waals surface area contributed by atoms with Crippen LogP contribution in [-0.2, 0) is 6.54 Å². The Balaban J connectivity index is 1.83. The van der Waals surface area contributed by atoms with Gasteiger partial charge in [0.05, 0.1) is 12.8 Å². The molecule has 0 saturated carbocycles. The number of methoxy groups -OCH3 is 1. The van der Waals surface area contributed by atoms with E-state index in [1.807, 2.05) is 35.1 Å². The van der Waals surface area contributed by atoms with Gasteiger partial charge in [0.1, 0.15) is 11.4 Å². The molecular formula is C16H22N4O. The Morgan fingerprint density at radius 1 is 1.33 bits per heavy atom. The molecule has 5 nitrogen and oxygen atoms in total. The normalized spacial score (nSPS) is 19.6. The Kier molecular flexibility index (Phi) is 4.22. The maximum atomic E-state index is 6.06. The SMILES string of the molecule is COc1ccccc1-n1nccc1CN1CCC[C@@H](N)C1. The zero-order valence-electron chi connectivity index (χ0n) is 12.4. The summed E-state index contributed by atoms with van der Waals surface area (Å²) in [6, 6.07) is 10.3. The summed E-state index contributed by atoms with van der Waals surface area (Å²) in [5, 5.41) is 4.46. The first-order valence-electron chi connectivity index (χ1n) is 7.42. The van der Waals surface area contributed by atoms with Gasteiger partial charge in [0.25, 0.3) is 0 Å². The number of ether oxygens (including phenoxy) is 1. The number of aromatic nitrogens is 2. The average Bonchev–Trinajstić information content (AvgIpc) is 2.95. The van der Waals surface area contributed by atoms with Crippen molar-refractivity contribution in [1.29, 1.82) is 0 Å². The zero-order valence-corrected chi connectivity index (χ0v) is 12.4. The standard InChI is InChI=1S/C16H22N4O/c1-21-16-7-3-2-6-15(16)20-14(8-9-18-20)12-19-10-4-5-13(17)11-19/h2-3,6-9,13H,4-5,10-12,17H2,1H3/t13-/m1/s1. The van der Waals surface area contributed by atoms with Crippen LogP contribution in [0, 0.1) is 0 Å². The lowest BCUT2D eigenvalue weighted by Gasteiger charge is -2.30. The van der Waals surface area contributed by atoms with E-state index in [2.05, 4.69) is 16.1 Å².